The van der Waals surface area contributed by atoms with Crippen LogP contribution in [0.3, 0.4) is 0 Å². The standard InChI is InChI=1S/C18H18ClNO5S/c1-12-2-4-13(5-3-12)11-20-26(24,25)17-10-14(6-7-15(17)19)16(21)8-9-18(22)23/h2-7,10,20H,8-9,11H2,1H3,(H,22,23). The minimum Gasteiger partial charge on any atom is -0.481 e. The molecule has 0 spiro atoms. The average Bonchev–Trinajstić information content (AvgIpc) is 2.59. The van der Waals surface area contributed by atoms with Crippen molar-refractivity contribution in [3.8, 4) is 0 Å². The highest BCUT2D eigenvalue weighted by Gasteiger charge is 2.20. The molecule has 0 radical (unpaired) electrons. The molecule has 2 aromatic rings. The Balaban J connectivity index is 2.19. The Morgan fingerprint density at radius 3 is 2.35 bits per heavy atom. The molecule has 0 aliphatic rings. The molecule has 0 saturated heterocycles. The molecule has 0 amide bonds. The van der Waals surface area contributed by atoms with Crippen LogP contribution >= 0.6 is 11.6 Å². The third kappa shape index (κ3) is 5.39. The van der Waals surface area contributed by atoms with Gasteiger partial charge in [0.25, 0.3) is 0 Å². The van der Waals surface area contributed by atoms with Crippen molar-refractivity contribution >= 4 is 33.4 Å². The number of benzene rings is 2. The van der Waals surface area contributed by atoms with Crippen LogP contribution in [0, 0.1) is 6.92 Å². The maximum atomic E-state index is 12.5. The molecule has 6 nitrogen and oxygen atoms in total. The molecule has 0 atom stereocenters. The van der Waals surface area contributed by atoms with Crippen LogP contribution in [0.2, 0.25) is 5.02 Å². The summed E-state index contributed by atoms with van der Waals surface area (Å²) in [7, 11) is -3.94. The van der Waals surface area contributed by atoms with Crippen LogP contribution < -0.4 is 4.72 Å². The van der Waals surface area contributed by atoms with Crippen LogP contribution in [-0.2, 0) is 21.4 Å². The van der Waals surface area contributed by atoms with E-state index in [0.29, 0.717) is 0 Å². The number of hydrogen-bond donors (Lipinski definition) is 2. The van der Waals surface area contributed by atoms with Gasteiger partial charge in [0.05, 0.1) is 11.4 Å². The monoisotopic (exact) mass is 395 g/mol. The summed E-state index contributed by atoms with van der Waals surface area (Å²) < 4.78 is 27.5. The van der Waals surface area contributed by atoms with Gasteiger partial charge in [0, 0.05) is 18.5 Å². The molecule has 2 N–H and O–H groups in total. The normalized spacial score (nSPS) is 11.3. The lowest BCUT2D eigenvalue weighted by Gasteiger charge is -2.10. The number of halogens is 1. The van der Waals surface area contributed by atoms with Gasteiger partial charge < -0.3 is 5.11 Å². The van der Waals surface area contributed by atoms with Gasteiger partial charge in [-0.05, 0) is 30.7 Å². The van der Waals surface area contributed by atoms with E-state index < -0.39 is 21.8 Å². The number of aryl methyl sites for hydroxylation is 1. The van der Waals surface area contributed by atoms with E-state index in [0.717, 1.165) is 11.1 Å². The summed E-state index contributed by atoms with van der Waals surface area (Å²) in [6, 6.07) is 11.2. The molecule has 0 aliphatic heterocycles. The van der Waals surface area contributed by atoms with Crippen molar-refractivity contribution in [3.05, 3.63) is 64.2 Å². The third-order valence-corrected chi connectivity index (χ3v) is 5.58. The number of carboxylic acid groups (broad SMARTS) is 1. The predicted octanol–water partition coefficient (Wildman–Crippen LogP) is 3.17. The number of Topliss-reactive ketones (excluding diaryl/α,β-unsaturated/α-hetero) is 1. The summed E-state index contributed by atoms with van der Waals surface area (Å²) in [5.74, 6) is -1.56. The first-order valence-corrected chi connectivity index (χ1v) is 9.65. The van der Waals surface area contributed by atoms with Gasteiger partial charge in [0.2, 0.25) is 10.0 Å². The Kier molecular flexibility index (Phi) is 6.52. The van der Waals surface area contributed by atoms with Crippen LogP contribution in [0.15, 0.2) is 47.4 Å². The topological polar surface area (TPSA) is 101 Å². The van der Waals surface area contributed by atoms with E-state index in [1.165, 1.54) is 18.2 Å². The fourth-order valence-corrected chi connectivity index (χ4v) is 3.75. The molecule has 0 heterocycles. The summed E-state index contributed by atoms with van der Waals surface area (Å²) in [6.07, 6.45) is -0.539. The van der Waals surface area contributed by atoms with E-state index in [1.54, 1.807) is 0 Å². The summed E-state index contributed by atoms with van der Waals surface area (Å²) in [6.45, 7) is 2.01. The first-order valence-electron chi connectivity index (χ1n) is 7.79. The molecule has 2 aromatic carbocycles. The number of rotatable bonds is 8. The highest BCUT2D eigenvalue weighted by Crippen LogP contribution is 2.24. The SMILES string of the molecule is Cc1ccc(CNS(=O)(=O)c2cc(C(=O)CCC(=O)O)ccc2Cl)cc1. The molecular weight excluding hydrogens is 378 g/mol. The molecule has 0 unspecified atom stereocenters. The van der Waals surface area contributed by atoms with E-state index in [2.05, 4.69) is 4.72 Å². The van der Waals surface area contributed by atoms with E-state index in [9.17, 15) is 18.0 Å². The first-order chi connectivity index (χ1) is 12.2. The number of carbonyl (C=O) groups excluding carboxylic acids is 1. The lowest BCUT2D eigenvalue weighted by atomic mass is 10.1. The fraction of sp³-hybridized carbons (Fsp3) is 0.222. The lowest BCUT2D eigenvalue weighted by molar-refractivity contribution is -0.136. The number of sulfonamides is 1. The number of carboxylic acids is 1. The minimum absolute atomic E-state index is 0.0174. The Labute approximate surface area is 156 Å². The van der Waals surface area contributed by atoms with Gasteiger partial charge in [0.1, 0.15) is 4.90 Å². The van der Waals surface area contributed by atoms with Crippen molar-refractivity contribution < 1.29 is 23.1 Å². The van der Waals surface area contributed by atoms with E-state index in [4.69, 9.17) is 16.7 Å². The Morgan fingerprint density at radius 1 is 1.08 bits per heavy atom. The summed E-state index contributed by atoms with van der Waals surface area (Å²) >= 11 is 5.99. The highest BCUT2D eigenvalue weighted by molar-refractivity contribution is 7.89. The summed E-state index contributed by atoms with van der Waals surface area (Å²) in [4.78, 5) is 22.4. The second kappa shape index (κ2) is 8.44. The Morgan fingerprint density at radius 2 is 1.73 bits per heavy atom. The molecule has 0 aliphatic carbocycles. The molecule has 138 valence electrons. The maximum absolute atomic E-state index is 12.5. The molecule has 0 saturated carbocycles. The van der Waals surface area contributed by atoms with Crippen molar-refractivity contribution in [2.24, 2.45) is 0 Å². The van der Waals surface area contributed by atoms with Crippen LogP contribution in [0.4, 0.5) is 0 Å². The van der Waals surface area contributed by atoms with Gasteiger partial charge in [-0.25, -0.2) is 13.1 Å². The van der Waals surface area contributed by atoms with Crippen LogP contribution in [0.25, 0.3) is 0 Å². The van der Waals surface area contributed by atoms with Gasteiger partial charge in [-0.1, -0.05) is 41.4 Å². The molecule has 8 heteroatoms. The molecule has 26 heavy (non-hydrogen) atoms. The van der Waals surface area contributed by atoms with Crippen molar-refractivity contribution in [3.63, 3.8) is 0 Å². The minimum atomic E-state index is -3.94. The largest absolute Gasteiger partial charge is 0.481 e. The fourth-order valence-electron chi connectivity index (χ4n) is 2.21. The van der Waals surface area contributed by atoms with E-state index >= 15 is 0 Å². The summed E-state index contributed by atoms with van der Waals surface area (Å²) in [5, 5.41) is 8.64. The van der Waals surface area contributed by atoms with Gasteiger partial charge in [-0.15, -0.1) is 0 Å². The van der Waals surface area contributed by atoms with Crippen molar-refractivity contribution in [1.29, 1.82) is 0 Å². The average molecular weight is 396 g/mol. The number of hydrogen-bond acceptors (Lipinski definition) is 4. The molecular formula is C18H18ClNO5S. The number of nitrogens with one attached hydrogen (secondary N) is 1. The van der Waals surface area contributed by atoms with Crippen LogP contribution in [0.5, 0.6) is 0 Å². The second-order valence-corrected chi connectivity index (χ2v) is 7.91. The van der Waals surface area contributed by atoms with E-state index in [1.807, 2.05) is 31.2 Å². The van der Waals surface area contributed by atoms with E-state index in [-0.39, 0.29) is 34.9 Å². The smallest absolute Gasteiger partial charge is 0.303 e. The number of aliphatic carboxylic acids is 1. The molecule has 2 rings (SSSR count). The lowest BCUT2D eigenvalue weighted by Crippen LogP contribution is -2.24. The van der Waals surface area contributed by atoms with Crippen molar-refractivity contribution in [1.82, 2.24) is 4.72 Å². The Bertz CT molecular complexity index is 923. The highest BCUT2D eigenvalue weighted by atomic mass is 35.5. The Hall–Kier alpha value is -2.22. The van der Waals surface area contributed by atoms with Gasteiger partial charge in [0.15, 0.2) is 5.78 Å². The molecule has 0 bridgehead atoms. The third-order valence-electron chi connectivity index (χ3n) is 3.70. The zero-order valence-electron chi connectivity index (χ0n) is 14.0. The zero-order valence-corrected chi connectivity index (χ0v) is 15.6. The predicted molar refractivity (Wildman–Crippen MR) is 97.9 cm³/mol. The van der Waals surface area contributed by atoms with Crippen LogP contribution in [0.1, 0.15) is 34.3 Å². The maximum Gasteiger partial charge on any atom is 0.303 e. The number of ketones is 1. The van der Waals surface area contributed by atoms with Crippen molar-refractivity contribution in [2.75, 3.05) is 0 Å². The van der Waals surface area contributed by atoms with Crippen LogP contribution in [-0.4, -0.2) is 25.3 Å². The quantitative estimate of drug-likeness (QED) is 0.668. The van der Waals surface area contributed by atoms with Crippen molar-refractivity contribution in [2.45, 2.75) is 31.2 Å². The summed E-state index contributed by atoms with van der Waals surface area (Å²) in [5.41, 5.74) is 1.95. The van der Waals surface area contributed by atoms with Gasteiger partial charge in [-0.3, -0.25) is 9.59 Å². The second-order valence-electron chi connectivity index (χ2n) is 5.77. The molecule has 0 fully saturated rings. The first kappa shape index (κ1) is 20.1. The van der Waals surface area contributed by atoms with Gasteiger partial charge in [-0.2, -0.15) is 0 Å². The molecule has 0 aromatic heterocycles. The zero-order chi connectivity index (χ0) is 19.3. The number of carbonyl (C=O) groups is 2. The van der Waals surface area contributed by atoms with Gasteiger partial charge >= 0.3 is 5.97 Å².